The van der Waals surface area contributed by atoms with E-state index in [1.54, 1.807) is 38.4 Å². The van der Waals surface area contributed by atoms with Gasteiger partial charge in [-0.15, -0.1) is 0 Å². The van der Waals surface area contributed by atoms with E-state index in [1.165, 1.54) is 16.0 Å². The second-order valence-corrected chi connectivity index (χ2v) is 6.90. The molecule has 0 spiro atoms. The summed E-state index contributed by atoms with van der Waals surface area (Å²) in [7, 11) is 1.70. The van der Waals surface area contributed by atoms with Crippen molar-refractivity contribution in [2.24, 2.45) is 12.0 Å². The number of hydrogen-bond donors (Lipinski definition) is 0. The number of rotatable bonds is 7. The van der Waals surface area contributed by atoms with E-state index < -0.39 is 0 Å². The molecule has 0 unspecified atom stereocenters. The fourth-order valence-corrected chi connectivity index (χ4v) is 3.84. The Hall–Kier alpha value is -2.78. The van der Waals surface area contributed by atoms with E-state index in [9.17, 15) is 9.59 Å². The van der Waals surface area contributed by atoms with Crippen LogP contribution in [0.5, 0.6) is 0 Å². The van der Waals surface area contributed by atoms with Gasteiger partial charge in [0, 0.05) is 26.4 Å². The Kier molecular flexibility index (Phi) is 6.37. The Bertz CT molecular complexity index is 1060. The van der Waals surface area contributed by atoms with Gasteiger partial charge in [-0.05, 0) is 38.1 Å². The molecule has 3 rings (SSSR count). The molecule has 0 N–H and O–H groups in total. The van der Waals surface area contributed by atoms with Crippen LogP contribution >= 0.6 is 11.3 Å². The molecule has 0 radical (unpaired) electrons. The third-order valence-corrected chi connectivity index (χ3v) is 5.14. The average Bonchev–Trinajstić information content (AvgIpc) is 3.25. The van der Waals surface area contributed by atoms with E-state index in [-0.39, 0.29) is 11.9 Å². The summed E-state index contributed by atoms with van der Waals surface area (Å²) in [5, 5.41) is 4.01. The highest BCUT2D eigenvalue weighted by Gasteiger charge is 2.14. The van der Waals surface area contributed by atoms with Crippen LogP contribution in [0.3, 0.4) is 0 Å². The zero-order valence-electron chi connectivity index (χ0n) is 16.0. The highest BCUT2D eigenvalue weighted by molar-refractivity contribution is 7.16. The SMILES string of the molecule is CCOCCn1c(=NC(=O)c2ccnn2C)sc2cc(C(=O)OCC)ccc21. The number of aryl methyl sites for hydroxylation is 1. The van der Waals surface area contributed by atoms with Gasteiger partial charge in [-0.3, -0.25) is 9.48 Å². The van der Waals surface area contributed by atoms with Crippen LogP contribution in [-0.4, -0.2) is 46.0 Å². The molecule has 8 nitrogen and oxygen atoms in total. The summed E-state index contributed by atoms with van der Waals surface area (Å²) in [5.74, 6) is -0.745. The van der Waals surface area contributed by atoms with E-state index in [2.05, 4.69) is 10.1 Å². The van der Waals surface area contributed by atoms with E-state index in [0.717, 1.165) is 10.2 Å². The number of amides is 1. The first kappa shape index (κ1) is 20.0. The summed E-state index contributed by atoms with van der Waals surface area (Å²) >= 11 is 1.35. The van der Waals surface area contributed by atoms with Gasteiger partial charge in [0.2, 0.25) is 0 Å². The first-order valence-electron chi connectivity index (χ1n) is 9.00. The fraction of sp³-hybridized carbons (Fsp3) is 0.368. The van der Waals surface area contributed by atoms with Gasteiger partial charge in [0.25, 0.3) is 5.91 Å². The van der Waals surface area contributed by atoms with Crippen molar-refractivity contribution >= 4 is 33.4 Å². The zero-order chi connectivity index (χ0) is 20.1. The molecule has 9 heteroatoms. The number of ether oxygens (including phenoxy) is 2. The van der Waals surface area contributed by atoms with Crippen LogP contribution in [0, 0.1) is 0 Å². The van der Waals surface area contributed by atoms with Gasteiger partial charge in [0.15, 0.2) is 4.80 Å². The van der Waals surface area contributed by atoms with Crippen LogP contribution < -0.4 is 4.80 Å². The molecule has 0 saturated heterocycles. The maximum atomic E-state index is 12.6. The van der Waals surface area contributed by atoms with Gasteiger partial charge in [0.1, 0.15) is 5.69 Å². The summed E-state index contributed by atoms with van der Waals surface area (Å²) < 4.78 is 14.8. The summed E-state index contributed by atoms with van der Waals surface area (Å²) in [6, 6.07) is 6.96. The molecule has 3 aromatic rings. The number of hydrogen-bond acceptors (Lipinski definition) is 6. The smallest absolute Gasteiger partial charge is 0.338 e. The number of carbonyl (C=O) groups is 2. The van der Waals surface area contributed by atoms with Crippen molar-refractivity contribution in [1.82, 2.24) is 14.3 Å². The Labute approximate surface area is 166 Å². The molecule has 0 aliphatic carbocycles. The first-order chi connectivity index (χ1) is 13.5. The molecule has 1 aromatic carbocycles. The number of esters is 1. The fourth-order valence-electron chi connectivity index (χ4n) is 2.74. The van der Waals surface area contributed by atoms with Crippen LogP contribution in [0.4, 0.5) is 0 Å². The monoisotopic (exact) mass is 402 g/mol. The van der Waals surface area contributed by atoms with Crippen molar-refractivity contribution in [3.05, 3.63) is 46.5 Å². The third kappa shape index (κ3) is 4.20. The minimum absolute atomic E-state index is 0.315. The standard InChI is InChI=1S/C19H22N4O4S/c1-4-26-11-10-23-14-7-6-13(18(25)27-5-2)12-16(14)28-19(23)21-17(24)15-8-9-20-22(15)3/h6-9,12H,4-5,10-11H2,1-3H3. The van der Waals surface area contributed by atoms with E-state index in [4.69, 9.17) is 9.47 Å². The van der Waals surface area contributed by atoms with Gasteiger partial charge >= 0.3 is 5.97 Å². The Morgan fingerprint density at radius 3 is 2.71 bits per heavy atom. The minimum atomic E-state index is -0.373. The normalized spacial score (nSPS) is 11.9. The Morgan fingerprint density at radius 2 is 2.04 bits per heavy atom. The maximum absolute atomic E-state index is 12.6. The first-order valence-corrected chi connectivity index (χ1v) is 9.82. The second-order valence-electron chi connectivity index (χ2n) is 5.89. The Balaban J connectivity index is 2.07. The summed E-state index contributed by atoms with van der Waals surface area (Å²) in [6.07, 6.45) is 1.56. The molecule has 2 heterocycles. The molecule has 1 amide bonds. The molecule has 0 saturated carbocycles. The van der Waals surface area contributed by atoms with Crippen LogP contribution in [0.25, 0.3) is 10.2 Å². The lowest BCUT2D eigenvalue weighted by molar-refractivity contribution is 0.0526. The predicted molar refractivity (Wildman–Crippen MR) is 105 cm³/mol. The lowest BCUT2D eigenvalue weighted by Gasteiger charge is -2.06. The molecular formula is C19H22N4O4S. The molecule has 2 aromatic heterocycles. The highest BCUT2D eigenvalue weighted by atomic mass is 32.1. The number of carbonyl (C=O) groups excluding carboxylic acids is 2. The minimum Gasteiger partial charge on any atom is -0.462 e. The van der Waals surface area contributed by atoms with Crippen LogP contribution in [0.2, 0.25) is 0 Å². The van der Waals surface area contributed by atoms with E-state index in [0.29, 0.717) is 42.4 Å². The average molecular weight is 402 g/mol. The predicted octanol–water partition coefficient (Wildman–Crippen LogP) is 2.39. The van der Waals surface area contributed by atoms with Crippen molar-refractivity contribution in [3.63, 3.8) is 0 Å². The Morgan fingerprint density at radius 1 is 1.21 bits per heavy atom. The topological polar surface area (TPSA) is 87.7 Å². The number of fused-ring (bicyclic) bond motifs is 1. The highest BCUT2D eigenvalue weighted by Crippen LogP contribution is 2.20. The van der Waals surface area contributed by atoms with Crippen molar-refractivity contribution in [2.45, 2.75) is 20.4 Å². The molecule has 148 valence electrons. The van der Waals surface area contributed by atoms with Gasteiger partial charge in [-0.2, -0.15) is 10.1 Å². The van der Waals surface area contributed by atoms with Gasteiger partial charge in [0.05, 0.1) is 29.0 Å². The number of thiazole rings is 1. The third-order valence-electron chi connectivity index (χ3n) is 4.09. The quantitative estimate of drug-likeness (QED) is 0.447. The van der Waals surface area contributed by atoms with Gasteiger partial charge in [-0.25, -0.2) is 4.79 Å². The van der Waals surface area contributed by atoms with Crippen LogP contribution in [0.1, 0.15) is 34.7 Å². The van der Waals surface area contributed by atoms with Crippen molar-refractivity contribution in [1.29, 1.82) is 0 Å². The largest absolute Gasteiger partial charge is 0.462 e. The molecule has 28 heavy (non-hydrogen) atoms. The lowest BCUT2D eigenvalue weighted by atomic mass is 10.2. The molecule has 0 bridgehead atoms. The lowest BCUT2D eigenvalue weighted by Crippen LogP contribution is -2.20. The summed E-state index contributed by atoms with van der Waals surface area (Å²) in [5.41, 5.74) is 1.76. The van der Waals surface area contributed by atoms with Crippen molar-refractivity contribution < 1.29 is 19.1 Å². The van der Waals surface area contributed by atoms with Crippen LogP contribution in [0.15, 0.2) is 35.5 Å². The number of aromatic nitrogens is 3. The number of benzene rings is 1. The summed E-state index contributed by atoms with van der Waals surface area (Å²) in [6.45, 7) is 5.66. The molecular weight excluding hydrogens is 380 g/mol. The molecule has 0 aliphatic heterocycles. The van der Waals surface area contributed by atoms with Crippen molar-refractivity contribution in [3.8, 4) is 0 Å². The van der Waals surface area contributed by atoms with Gasteiger partial charge < -0.3 is 14.0 Å². The summed E-state index contributed by atoms with van der Waals surface area (Å²) in [4.78, 5) is 29.4. The maximum Gasteiger partial charge on any atom is 0.338 e. The zero-order valence-corrected chi connectivity index (χ0v) is 16.9. The van der Waals surface area contributed by atoms with Crippen molar-refractivity contribution in [2.75, 3.05) is 19.8 Å². The van der Waals surface area contributed by atoms with E-state index in [1.807, 2.05) is 17.6 Å². The van der Waals surface area contributed by atoms with Crippen LogP contribution in [-0.2, 0) is 23.1 Å². The molecule has 0 fully saturated rings. The number of nitrogens with zero attached hydrogens (tertiary/aromatic N) is 4. The molecule has 0 aliphatic rings. The molecule has 0 atom stereocenters. The second kappa shape index (κ2) is 8.94. The van der Waals surface area contributed by atoms with Gasteiger partial charge in [-0.1, -0.05) is 11.3 Å². The van der Waals surface area contributed by atoms with E-state index >= 15 is 0 Å².